The second-order valence-electron chi connectivity index (χ2n) is 10.6. The van der Waals surface area contributed by atoms with Crippen molar-refractivity contribution in [1.29, 1.82) is 0 Å². The number of hydrogen-bond donors (Lipinski definition) is 0. The summed E-state index contributed by atoms with van der Waals surface area (Å²) in [4.78, 5) is 2.32. The SMILES string of the molecule is CN(c1ccccc1)c1cccc2c1c1c3ccccc3c3ccccc3c1n2-c1cccc(-c2ccccc2)c1. The van der Waals surface area contributed by atoms with E-state index in [1.165, 1.54) is 60.2 Å². The molecule has 8 aromatic rings. The lowest BCUT2D eigenvalue weighted by Gasteiger charge is -2.21. The van der Waals surface area contributed by atoms with E-state index in [1.54, 1.807) is 0 Å². The largest absolute Gasteiger partial charge is 0.344 e. The van der Waals surface area contributed by atoms with Gasteiger partial charge in [0.1, 0.15) is 0 Å². The van der Waals surface area contributed by atoms with Crippen molar-refractivity contribution in [2.45, 2.75) is 0 Å². The number of hydrogen-bond acceptors (Lipinski definition) is 1. The van der Waals surface area contributed by atoms with Gasteiger partial charge in [0, 0.05) is 34.6 Å². The fourth-order valence-corrected chi connectivity index (χ4v) is 6.49. The Bertz CT molecular complexity index is 2210. The molecule has 1 heterocycles. The van der Waals surface area contributed by atoms with E-state index in [0.717, 1.165) is 11.4 Å². The highest BCUT2D eigenvalue weighted by Gasteiger charge is 2.22. The topological polar surface area (TPSA) is 8.17 Å². The quantitative estimate of drug-likeness (QED) is 0.208. The molecule has 0 amide bonds. The Labute approximate surface area is 239 Å². The minimum atomic E-state index is 1.16. The number of benzene rings is 7. The Morgan fingerprint density at radius 1 is 0.463 bits per heavy atom. The monoisotopic (exact) mass is 524 g/mol. The van der Waals surface area contributed by atoms with Gasteiger partial charge in [-0.2, -0.15) is 0 Å². The molecular formula is C39H28N2. The molecule has 0 aliphatic carbocycles. The summed E-state index contributed by atoms with van der Waals surface area (Å²) in [6.45, 7) is 0. The smallest absolute Gasteiger partial charge is 0.0626 e. The van der Waals surface area contributed by atoms with Crippen LogP contribution in [-0.2, 0) is 0 Å². The van der Waals surface area contributed by atoms with Crippen LogP contribution in [0.3, 0.4) is 0 Å². The molecule has 2 nitrogen and oxygen atoms in total. The van der Waals surface area contributed by atoms with Crippen molar-refractivity contribution in [3.63, 3.8) is 0 Å². The zero-order chi connectivity index (χ0) is 27.3. The summed E-state index contributed by atoms with van der Waals surface area (Å²) in [7, 11) is 2.17. The molecule has 8 rings (SSSR count). The summed E-state index contributed by atoms with van der Waals surface area (Å²) in [6.07, 6.45) is 0. The normalized spacial score (nSPS) is 11.5. The van der Waals surface area contributed by atoms with Gasteiger partial charge in [0.05, 0.1) is 16.7 Å². The van der Waals surface area contributed by atoms with E-state index >= 15 is 0 Å². The van der Waals surface area contributed by atoms with E-state index in [4.69, 9.17) is 0 Å². The van der Waals surface area contributed by atoms with Crippen LogP contribution in [0.2, 0.25) is 0 Å². The van der Waals surface area contributed by atoms with Crippen LogP contribution < -0.4 is 4.90 Å². The highest BCUT2D eigenvalue weighted by atomic mass is 15.1. The number of nitrogens with zero attached hydrogens (tertiary/aromatic N) is 2. The second kappa shape index (κ2) is 9.39. The van der Waals surface area contributed by atoms with Gasteiger partial charge in [-0.15, -0.1) is 0 Å². The second-order valence-corrected chi connectivity index (χ2v) is 10.6. The molecule has 194 valence electrons. The molecule has 1 aromatic heterocycles. The minimum Gasteiger partial charge on any atom is -0.344 e. The van der Waals surface area contributed by atoms with Gasteiger partial charge in [-0.3, -0.25) is 0 Å². The molecule has 0 aliphatic rings. The van der Waals surface area contributed by atoms with Gasteiger partial charge in [-0.1, -0.05) is 115 Å². The van der Waals surface area contributed by atoms with Crippen molar-refractivity contribution in [2.75, 3.05) is 11.9 Å². The maximum atomic E-state index is 2.48. The van der Waals surface area contributed by atoms with Crippen molar-refractivity contribution in [3.8, 4) is 16.8 Å². The Morgan fingerprint density at radius 3 is 1.80 bits per heavy atom. The Morgan fingerprint density at radius 2 is 1.05 bits per heavy atom. The van der Waals surface area contributed by atoms with Crippen molar-refractivity contribution >= 4 is 54.7 Å². The van der Waals surface area contributed by atoms with Gasteiger partial charge in [0.2, 0.25) is 0 Å². The number of anilines is 2. The van der Waals surface area contributed by atoms with Crippen LogP contribution in [0.15, 0.2) is 152 Å². The third-order valence-electron chi connectivity index (χ3n) is 8.36. The van der Waals surface area contributed by atoms with Crippen molar-refractivity contribution in [1.82, 2.24) is 4.57 Å². The molecule has 0 saturated heterocycles. The molecule has 0 spiro atoms. The van der Waals surface area contributed by atoms with E-state index in [-0.39, 0.29) is 0 Å². The van der Waals surface area contributed by atoms with Crippen LogP contribution >= 0.6 is 0 Å². The number of aromatic nitrogens is 1. The predicted octanol–water partition coefficient (Wildman–Crippen LogP) is 10.5. The third kappa shape index (κ3) is 3.65. The first-order chi connectivity index (χ1) is 20.3. The molecule has 2 heteroatoms. The summed E-state index contributed by atoms with van der Waals surface area (Å²) < 4.78 is 2.48. The van der Waals surface area contributed by atoms with Gasteiger partial charge >= 0.3 is 0 Å². The average Bonchev–Trinajstić information content (AvgIpc) is 3.41. The molecule has 0 radical (unpaired) electrons. The predicted molar refractivity (Wildman–Crippen MR) is 176 cm³/mol. The molecule has 0 N–H and O–H groups in total. The maximum absolute atomic E-state index is 2.48. The van der Waals surface area contributed by atoms with E-state index < -0.39 is 0 Å². The standard InChI is InChI=1S/C39H28N2/c1-40(29-17-6-3-7-18-29)35-24-13-25-36-38(35)37-33-22-10-8-20-31(33)32-21-9-11-23-34(32)39(37)41(36)30-19-12-16-28(26-30)27-14-4-2-5-15-27/h2-26H,1H3. The van der Waals surface area contributed by atoms with Crippen LogP contribution in [0.4, 0.5) is 11.4 Å². The molecule has 0 aliphatic heterocycles. The van der Waals surface area contributed by atoms with E-state index in [0.29, 0.717) is 0 Å². The zero-order valence-corrected chi connectivity index (χ0v) is 22.8. The lowest BCUT2D eigenvalue weighted by molar-refractivity contribution is 1.18. The summed E-state index contributed by atoms with van der Waals surface area (Å²) in [5.41, 5.74) is 8.39. The highest BCUT2D eigenvalue weighted by Crippen LogP contribution is 2.46. The summed E-state index contributed by atoms with van der Waals surface area (Å²) in [6, 6.07) is 54.7. The van der Waals surface area contributed by atoms with Crippen LogP contribution in [0.25, 0.3) is 60.2 Å². The molecule has 0 bridgehead atoms. The van der Waals surface area contributed by atoms with Gasteiger partial charge in [0.15, 0.2) is 0 Å². The molecule has 41 heavy (non-hydrogen) atoms. The fraction of sp³-hybridized carbons (Fsp3) is 0.0256. The Balaban J connectivity index is 1.56. The lowest BCUT2D eigenvalue weighted by Crippen LogP contribution is -2.09. The van der Waals surface area contributed by atoms with Crippen molar-refractivity contribution < 1.29 is 0 Å². The first-order valence-corrected chi connectivity index (χ1v) is 14.1. The number of para-hydroxylation sites is 1. The number of rotatable bonds is 4. The molecule has 0 unspecified atom stereocenters. The molecular weight excluding hydrogens is 496 g/mol. The first-order valence-electron chi connectivity index (χ1n) is 14.1. The van der Waals surface area contributed by atoms with E-state index in [9.17, 15) is 0 Å². The van der Waals surface area contributed by atoms with E-state index in [1.807, 2.05) is 0 Å². The van der Waals surface area contributed by atoms with Gasteiger partial charge in [0.25, 0.3) is 0 Å². The Kier molecular flexibility index (Phi) is 5.39. The lowest BCUT2D eigenvalue weighted by atomic mass is 9.96. The highest BCUT2D eigenvalue weighted by molar-refractivity contribution is 6.34. The average molecular weight is 525 g/mol. The van der Waals surface area contributed by atoms with Gasteiger partial charge in [-0.25, -0.2) is 0 Å². The first kappa shape index (κ1) is 23.5. The molecule has 0 atom stereocenters. The molecule has 0 saturated carbocycles. The maximum Gasteiger partial charge on any atom is 0.0626 e. The van der Waals surface area contributed by atoms with Crippen molar-refractivity contribution in [3.05, 3.63) is 152 Å². The molecule has 7 aromatic carbocycles. The minimum absolute atomic E-state index is 1.16. The summed E-state index contributed by atoms with van der Waals surface area (Å²) >= 11 is 0. The van der Waals surface area contributed by atoms with Crippen molar-refractivity contribution in [2.24, 2.45) is 0 Å². The zero-order valence-electron chi connectivity index (χ0n) is 22.8. The van der Waals surface area contributed by atoms with Crippen LogP contribution in [0.1, 0.15) is 0 Å². The van der Waals surface area contributed by atoms with E-state index in [2.05, 4.69) is 168 Å². The summed E-state index contributed by atoms with van der Waals surface area (Å²) in [5.74, 6) is 0. The van der Waals surface area contributed by atoms with Crippen LogP contribution in [-0.4, -0.2) is 11.6 Å². The third-order valence-corrected chi connectivity index (χ3v) is 8.36. The number of fused-ring (bicyclic) bond motifs is 8. The van der Waals surface area contributed by atoms with Gasteiger partial charge in [-0.05, 0) is 63.7 Å². The fourth-order valence-electron chi connectivity index (χ4n) is 6.49. The molecule has 0 fully saturated rings. The summed E-state index contributed by atoms with van der Waals surface area (Å²) in [5, 5.41) is 7.65. The van der Waals surface area contributed by atoms with Crippen LogP contribution in [0, 0.1) is 0 Å². The van der Waals surface area contributed by atoms with Gasteiger partial charge < -0.3 is 9.47 Å². The Hall–Kier alpha value is -5.34. The van der Waals surface area contributed by atoms with Crippen LogP contribution in [0.5, 0.6) is 0 Å².